The molecule has 2 heterocycles. The first-order valence-electron chi connectivity index (χ1n) is 9.37. The van der Waals surface area contributed by atoms with Gasteiger partial charge in [-0.3, -0.25) is 4.79 Å². The van der Waals surface area contributed by atoms with Crippen LogP contribution >= 0.6 is 11.8 Å². The van der Waals surface area contributed by atoms with Gasteiger partial charge in [0, 0.05) is 13.1 Å². The van der Waals surface area contributed by atoms with E-state index in [1.54, 1.807) is 7.11 Å². The molecule has 1 aromatic carbocycles. The number of ether oxygens (including phenoxy) is 1. The van der Waals surface area contributed by atoms with Gasteiger partial charge in [-0.15, -0.1) is 10.2 Å². The van der Waals surface area contributed by atoms with E-state index in [-0.39, 0.29) is 17.2 Å². The van der Waals surface area contributed by atoms with Gasteiger partial charge in [-0.1, -0.05) is 37.7 Å². The summed E-state index contributed by atoms with van der Waals surface area (Å²) in [6, 6.07) is 7.69. The van der Waals surface area contributed by atoms with E-state index < -0.39 is 0 Å². The number of nitrogens with zero attached hydrogens (tertiary/aromatic N) is 4. The van der Waals surface area contributed by atoms with Crippen molar-refractivity contribution in [2.45, 2.75) is 50.1 Å². The minimum atomic E-state index is -0.299. The molecule has 0 saturated heterocycles. The van der Waals surface area contributed by atoms with Crippen LogP contribution in [0.2, 0.25) is 0 Å². The molecule has 1 amide bonds. The maximum Gasteiger partial charge on any atom is 0.238 e. The van der Waals surface area contributed by atoms with E-state index in [1.807, 2.05) is 40.8 Å². The van der Waals surface area contributed by atoms with Crippen molar-refractivity contribution in [2.24, 2.45) is 0 Å². The average molecular weight is 390 g/mol. The highest BCUT2D eigenvalue weighted by Crippen LogP contribution is 2.38. The summed E-state index contributed by atoms with van der Waals surface area (Å²) in [5.41, 5.74) is 4.49. The molecule has 8 heteroatoms. The predicted octanol–water partition coefficient (Wildman–Crippen LogP) is 3.00. The highest BCUT2D eigenvalue weighted by Gasteiger charge is 2.39. The first kappa shape index (κ1) is 19.5. The minimum Gasteiger partial charge on any atom is -0.497 e. The van der Waals surface area contributed by atoms with Crippen LogP contribution in [0, 0.1) is 6.92 Å². The number of fused-ring (bicyclic) bond motifs is 1. The molecule has 0 unspecified atom stereocenters. The smallest absolute Gasteiger partial charge is 0.238 e. The summed E-state index contributed by atoms with van der Waals surface area (Å²) >= 11 is 1.48. The van der Waals surface area contributed by atoms with Gasteiger partial charge in [-0.25, -0.2) is 4.68 Å². The molecule has 0 spiro atoms. The van der Waals surface area contributed by atoms with Gasteiger partial charge >= 0.3 is 0 Å². The SMILES string of the molecule is CCCN(CCC)C(=O)[C@H]1Sc2nnc(C)n2N[C@@H]1c1ccc(OC)cc1. The molecular weight excluding hydrogens is 362 g/mol. The second kappa shape index (κ2) is 8.65. The summed E-state index contributed by atoms with van der Waals surface area (Å²) in [6.07, 6.45) is 1.89. The third kappa shape index (κ3) is 4.05. The van der Waals surface area contributed by atoms with Gasteiger partial charge in [0.15, 0.2) is 0 Å². The Morgan fingerprint density at radius 1 is 1.22 bits per heavy atom. The molecule has 27 heavy (non-hydrogen) atoms. The van der Waals surface area contributed by atoms with Crippen LogP contribution in [0.5, 0.6) is 5.75 Å². The summed E-state index contributed by atoms with van der Waals surface area (Å²) in [4.78, 5) is 15.4. The van der Waals surface area contributed by atoms with E-state index in [0.29, 0.717) is 0 Å². The van der Waals surface area contributed by atoms with Gasteiger partial charge in [0.1, 0.15) is 16.8 Å². The largest absolute Gasteiger partial charge is 0.497 e. The van der Waals surface area contributed by atoms with Gasteiger partial charge in [0.05, 0.1) is 13.2 Å². The van der Waals surface area contributed by atoms with Crippen LogP contribution in [0.25, 0.3) is 0 Å². The normalized spacial score (nSPS) is 18.5. The fourth-order valence-electron chi connectivity index (χ4n) is 3.26. The van der Waals surface area contributed by atoms with Gasteiger partial charge in [0.2, 0.25) is 11.1 Å². The molecule has 7 nitrogen and oxygen atoms in total. The molecule has 3 rings (SSSR count). The Bertz CT molecular complexity index is 771. The molecule has 1 aromatic heterocycles. The van der Waals surface area contributed by atoms with Crippen molar-refractivity contribution in [3.05, 3.63) is 35.7 Å². The van der Waals surface area contributed by atoms with Gasteiger partial charge in [0.25, 0.3) is 0 Å². The summed E-state index contributed by atoms with van der Waals surface area (Å²) in [5, 5.41) is 8.80. The number of benzene rings is 1. The molecule has 1 aliphatic rings. The lowest BCUT2D eigenvalue weighted by molar-refractivity contribution is -0.131. The second-order valence-corrected chi connectivity index (χ2v) is 7.72. The van der Waals surface area contributed by atoms with Crippen molar-refractivity contribution in [3.63, 3.8) is 0 Å². The maximum absolute atomic E-state index is 13.4. The number of carbonyl (C=O) groups is 1. The number of carbonyl (C=O) groups excluding carboxylic acids is 1. The summed E-state index contributed by atoms with van der Waals surface area (Å²) in [5.74, 6) is 1.72. The number of hydrogen-bond donors (Lipinski definition) is 1. The second-order valence-electron chi connectivity index (χ2n) is 6.61. The standard InChI is InChI=1S/C19H27N5O2S/c1-5-11-23(12-6-2)18(25)17-16(14-7-9-15(26-4)10-8-14)22-24-13(3)20-21-19(24)27-17/h7-10,16-17,22H,5-6,11-12H2,1-4H3/t16-,17+/m1/s1. The number of methoxy groups -OCH3 is 1. The molecule has 1 N–H and O–H groups in total. The first-order valence-corrected chi connectivity index (χ1v) is 10.2. The molecular formula is C19H27N5O2S. The number of rotatable bonds is 7. The Balaban J connectivity index is 1.95. The average Bonchev–Trinajstić information content (AvgIpc) is 3.06. The Kier molecular flexibility index (Phi) is 6.26. The molecule has 0 fully saturated rings. The number of amides is 1. The minimum absolute atomic E-state index is 0.143. The van der Waals surface area contributed by atoms with Crippen LogP contribution < -0.4 is 10.2 Å². The van der Waals surface area contributed by atoms with Crippen molar-refractivity contribution in [3.8, 4) is 5.75 Å². The third-order valence-corrected chi connectivity index (χ3v) is 5.82. The number of thioether (sulfide) groups is 1. The highest BCUT2D eigenvalue weighted by atomic mass is 32.2. The summed E-state index contributed by atoms with van der Waals surface area (Å²) < 4.78 is 7.14. The maximum atomic E-state index is 13.4. The Morgan fingerprint density at radius 3 is 2.48 bits per heavy atom. The van der Waals surface area contributed by atoms with Crippen LogP contribution in [-0.2, 0) is 4.79 Å². The Hall–Kier alpha value is -2.22. The zero-order valence-electron chi connectivity index (χ0n) is 16.3. The lowest BCUT2D eigenvalue weighted by atomic mass is 10.0. The van der Waals surface area contributed by atoms with Gasteiger partial charge < -0.3 is 15.1 Å². The van der Waals surface area contributed by atoms with Gasteiger partial charge in [-0.05, 0) is 37.5 Å². The van der Waals surface area contributed by atoms with Crippen molar-refractivity contribution in [1.82, 2.24) is 19.8 Å². The monoisotopic (exact) mass is 389 g/mol. The molecule has 1 aliphatic heterocycles. The molecule has 2 atom stereocenters. The zero-order valence-corrected chi connectivity index (χ0v) is 17.1. The number of aromatic nitrogens is 3. The van der Waals surface area contributed by atoms with E-state index in [1.165, 1.54) is 11.8 Å². The summed E-state index contributed by atoms with van der Waals surface area (Å²) in [6.45, 7) is 7.64. The predicted molar refractivity (Wildman–Crippen MR) is 107 cm³/mol. The number of nitrogens with one attached hydrogen (secondary N) is 1. The molecule has 0 saturated carbocycles. The topological polar surface area (TPSA) is 72.3 Å². The van der Waals surface area contributed by atoms with Crippen molar-refractivity contribution >= 4 is 17.7 Å². The first-order chi connectivity index (χ1) is 13.1. The van der Waals surface area contributed by atoms with Crippen molar-refractivity contribution in [1.29, 1.82) is 0 Å². The van der Waals surface area contributed by atoms with Gasteiger partial charge in [-0.2, -0.15) is 0 Å². The van der Waals surface area contributed by atoms with E-state index in [4.69, 9.17) is 4.74 Å². The lowest BCUT2D eigenvalue weighted by Gasteiger charge is -2.35. The van der Waals surface area contributed by atoms with E-state index in [9.17, 15) is 4.79 Å². The molecule has 0 aliphatic carbocycles. The third-order valence-electron chi connectivity index (χ3n) is 4.62. The lowest BCUT2D eigenvalue weighted by Crippen LogP contribution is -2.46. The van der Waals surface area contributed by atoms with Crippen molar-refractivity contribution < 1.29 is 9.53 Å². The van der Waals surface area contributed by atoms with Crippen LogP contribution in [0.15, 0.2) is 29.4 Å². The quantitative estimate of drug-likeness (QED) is 0.785. The number of aryl methyl sites for hydroxylation is 1. The van der Waals surface area contributed by atoms with E-state index >= 15 is 0 Å². The molecule has 2 aromatic rings. The zero-order chi connectivity index (χ0) is 19.4. The molecule has 0 bridgehead atoms. The summed E-state index contributed by atoms with van der Waals surface area (Å²) in [7, 11) is 1.65. The molecule has 0 radical (unpaired) electrons. The highest BCUT2D eigenvalue weighted by molar-refractivity contribution is 8.00. The van der Waals surface area contributed by atoms with Crippen LogP contribution in [0.4, 0.5) is 0 Å². The fraction of sp³-hybridized carbons (Fsp3) is 0.526. The van der Waals surface area contributed by atoms with Crippen LogP contribution in [0.1, 0.15) is 44.1 Å². The molecule has 146 valence electrons. The Morgan fingerprint density at radius 2 is 1.89 bits per heavy atom. The van der Waals surface area contributed by atoms with Crippen LogP contribution in [-0.4, -0.2) is 51.1 Å². The Labute approximate surface area is 164 Å². The van der Waals surface area contributed by atoms with Crippen molar-refractivity contribution in [2.75, 3.05) is 25.6 Å². The number of hydrogen-bond acceptors (Lipinski definition) is 6. The fourth-order valence-corrected chi connectivity index (χ4v) is 4.47. The van der Waals surface area contributed by atoms with E-state index in [0.717, 1.165) is 48.2 Å². The van der Waals surface area contributed by atoms with E-state index in [2.05, 4.69) is 29.5 Å². The van der Waals surface area contributed by atoms with Crippen LogP contribution in [0.3, 0.4) is 0 Å².